The molecule has 8 heteroatoms. The molecule has 7 nitrogen and oxygen atoms in total. The van der Waals surface area contributed by atoms with Gasteiger partial charge in [-0.05, 0) is 38.0 Å². The molecule has 2 atom stereocenters. The molecule has 0 spiro atoms. The van der Waals surface area contributed by atoms with Crippen LogP contribution < -0.4 is 0 Å². The molecule has 2 fully saturated rings. The lowest BCUT2D eigenvalue weighted by Gasteiger charge is -2.37. The van der Waals surface area contributed by atoms with Crippen LogP contribution in [-0.4, -0.2) is 67.0 Å². The van der Waals surface area contributed by atoms with Crippen molar-refractivity contribution in [1.29, 1.82) is 0 Å². The van der Waals surface area contributed by atoms with Gasteiger partial charge in [-0.15, -0.1) is 0 Å². The summed E-state index contributed by atoms with van der Waals surface area (Å²) >= 11 is 0. The van der Waals surface area contributed by atoms with Crippen molar-refractivity contribution in [1.82, 2.24) is 9.21 Å². The van der Waals surface area contributed by atoms with E-state index < -0.39 is 16.0 Å². The van der Waals surface area contributed by atoms with Gasteiger partial charge in [0, 0.05) is 32.6 Å². The van der Waals surface area contributed by atoms with Crippen molar-refractivity contribution in [2.45, 2.75) is 38.5 Å². The molecule has 2 heterocycles. The second-order valence-electron chi connectivity index (χ2n) is 6.69. The highest BCUT2D eigenvalue weighted by molar-refractivity contribution is 7.88. The average Bonchev–Trinajstić information content (AvgIpc) is 2.52. The molecular weight excluding hydrogens is 320 g/mol. The predicted molar refractivity (Wildman–Crippen MR) is 85.3 cm³/mol. The van der Waals surface area contributed by atoms with Crippen LogP contribution in [-0.2, 0) is 19.6 Å². The van der Waals surface area contributed by atoms with Gasteiger partial charge in [0.25, 0.3) is 0 Å². The topological polar surface area (TPSA) is 95.0 Å². The molecule has 0 aromatic rings. The zero-order chi connectivity index (χ0) is 17.0. The van der Waals surface area contributed by atoms with Crippen molar-refractivity contribution < 1.29 is 23.1 Å². The molecule has 2 aliphatic heterocycles. The monoisotopic (exact) mass is 346 g/mol. The van der Waals surface area contributed by atoms with Crippen molar-refractivity contribution in [3.05, 3.63) is 0 Å². The standard InChI is InChI=1S/C15H26N2O5S/c1-23(21,22)17-9-3-5-13(11-17)15(20)16-8-2-4-12(10-16)6-7-14(18)19/h12-13H,2-11H2,1H3,(H,18,19)/t12-,13+/m0/s1. The van der Waals surface area contributed by atoms with Crippen LogP contribution in [0.2, 0.25) is 0 Å². The third-order valence-corrected chi connectivity index (χ3v) is 6.07. The van der Waals surface area contributed by atoms with Gasteiger partial charge in [-0.1, -0.05) is 0 Å². The molecule has 132 valence electrons. The Morgan fingerprint density at radius 2 is 1.83 bits per heavy atom. The molecular formula is C15H26N2O5S. The molecule has 1 N–H and O–H groups in total. The first-order valence-electron chi connectivity index (χ1n) is 8.23. The van der Waals surface area contributed by atoms with Gasteiger partial charge >= 0.3 is 5.97 Å². The highest BCUT2D eigenvalue weighted by atomic mass is 32.2. The minimum Gasteiger partial charge on any atom is -0.481 e. The summed E-state index contributed by atoms with van der Waals surface area (Å²) in [5, 5.41) is 8.79. The number of carbonyl (C=O) groups excluding carboxylic acids is 1. The van der Waals surface area contributed by atoms with E-state index in [0.717, 1.165) is 19.3 Å². The fraction of sp³-hybridized carbons (Fsp3) is 0.867. The number of carbonyl (C=O) groups is 2. The Bertz CT molecular complexity index is 548. The maximum Gasteiger partial charge on any atom is 0.303 e. The molecule has 2 saturated heterocycles. The number of sulfonamides is 1. The van der Waals surface area contributed by atoms with Crippen LogP contribution in [0.5, 0.6) is 0 Å². The molecule has 0 aromatic heterocycles. The van der Waals surface area contributed by atoms with E-state index in [-0.39, 0.29) is 30.7 Å². The maximum atomic E-state index is 12.7. The van der Waals surface area contributed by atoms with Crippen LogP contribution in [0.25, 0.3) is 0 Å². The van der Waals surface area contributed by atoms with Gasteiger partial charge in [0.05, 0.1) is 12.2 Å². The molecule has 0 bridgehead atoms. The summed E-state index contributed by atoms with van der Waals surface area (Å²) in [4.78, 5) is 25.2. The minimum absolute atomic E-state index is 0.0263. The van der Waals surface area contributed by atoms with E-state index in [4.69, 9.17) is 5.11 Å². The third-order valence-electron chi connectivity index (χ3n) is 4.80. The minimum atomic E-state index is -3.25. The van der Waals surface area contributed by atoms with Crippen molar-refractivity contribution in [3.8, 4) is 0 Å². The summed E-state index contributed by atoms with van der Waals surface area (Å²) in [6.45, 7) is 2.05. The summed E-state index contributed by atoms with van der Waals surface area (Å²) in [5.41, 5.74) is 0. The fourth-order valence-corrected chi connectivity index (χ4v) is 4.44. The van der Waals surface area contributed by atoms with Crippen molar-refractivity contribution in [3.63, 3.8) is 0 Å². The van der Waals surface area contributed by atoms with Crippen LogP contribution in [0.15, 0.2) is 0 Å². The lowest BCUT2D eigenvalue weighted by atomic mass is 9.91. The SMILES string of the molecule is CS(=O)(=O)N1CCC[C@@H](C(=O)N2CCC[C@@H](CCC(=O)O)C2)C1. The Kier molecular flexibility index (Phi) is 6.02. The second kappa shape index (κ2) is 7.61. The fourth-order valence-electron chi connectivity index (χ4n) is 3.53. The van der Waals surface area contributed by atoms with E-state index in [2.05, 4.69) is 0 Å². The van der Waals surface area contributed by atoms with Crippen LogP contribution in [0, 0.1) is 11.8 Å². The Morgan fingerprint density at radius 1 is 1.13 bits per heavy atom. The van der Waals surface area contributed by atoms with E-state index in [1.807, 2.05) is 4.90 Å². The molecule has 2 aliphatic rings. The van der Waals surface area contributed by atoms with Crippen molar-refractivity contribution >= 4 is 21.9 Å². The molecule has 0 saturated carbocycles. The van der Waals surface area contributed by atoms with Gasteiger partial charge in [-0.2, -0.15) is 0 Å². The molecule has 0 radical (unpaired) electrons. The quantitative estimate of drug-likeness (QED) is 0.793. The number of carboxylic acids is 1. The lowest BCUT2D eigenvalue weighted by Crippen LogP contribution is -2.49. The smallest absolute Gasteiger partial charge is 0.303 e. The maximum absolute atomic E-state index is 12.7. The van der Waals surface area contributed by atoms with Crippen LogP contribution in [0.3, 0.4) is 0 Å². The summed E-state index contributed by atoms with van der Waals surface area (Å²) in [5.74, 6) is -0.807. The lowest BCUT2D eigenvalue weighted by molar-refractivity contribution is -0.138. The number of hydrogen-bond donors (Lipinski definition) is 1. The number of aliphatic carboxylic acids is 1. The van der Waals surface area contributed by atoms with Crippen LogP contribution in [0.1, 0.15) is 38.5 Å². The van der Waals surface area contributed by atoms with Gasteiger partial charge in [0.15, 0.2) is 0 Å². The first-order chi connectivity index (χ1) is 10.8. The number of likely N-dealkylation sites (tertiary alicyclic amines) is 1. The van der Waals surface area contributed by atoms with E-state index >= 15 is 0 Å². The van der Waals surface area contributed by atoms with E-state index in [1.165, 1.54) is 10.6 Å². The number of nitrogens with zero attached hydrogens (tertiary/aromatic N) is 2. The molecule has 23 heavy (non-hydrogen) atoms. The summed E-state index contributed by atoms with van der Waals surface area (Å²) in [7, 11) is -3.25. The molecule has 2 rings (SSSR count). The number of piperidine rings is 2. The molecule has 0 aliphatic carbocycles. The molecule has 1 amide bonds. The largest absolute Gasteiger partial charge is 0.481 e. The number of carboxylic acid groups (broad SMARTS) is 1. The van der Waals surface area contributed by atoms with E-state index in [0.29, 0.717) is 32.5 Å². The first kappa shape index (κ1) is 18.2. The van der Waals surface area contributed by atoms with Crippen LogP contribution in [0.4, 0.5) is 0 Å². The van der Waals surface area contributed by atoms with E-state index in [1.54, 1.807) is 0 Å². The number of rotatable bonds is 5. The van der Waals surface area contributed by atoms with Gasteiger partial charge < -0.3 is 10.0 Å². The Balaban J connectivity index is 1.92. The van der Waals surface area contributed by atoms with Gasteiger partial charge in [-0.3, -0.25) is 9.59 Å². The first-order valence-corrected chi connectivity index (χ1v) is 10.1. The van der Waals surface area contributed by atoms with Gasteiger partial charge in [-0.25, -0.2) is 12.7 Å². The summed E-state index contributed by atoms with van der Waals surface area (Å²) in [6.07, 6.45) is 5.19. The number of hydrogen-bond acceptors (Lipinski definition) is 4. The Labute approximate surface area is 137 Å². The Hall–Kier alpha value is -1.15. The summed E-state index contributed by atoms with van der Waals surface area (Å²) < 4.78 is 24.7. The highest BCUT2D eigenvalue weighted by Gasteiger charge is 2.34. The third kappa shape index (κ3) is 5.17. The molecule has 0 aromatic carbocycles. The highest BCUT2D eigenvalue weighted by Crippen LogP contribution is 2.26. The predicted octanol–water partition coefficient (Wildman–Crippen LogP) is 0.761. The number of amides is 1. The van der Waals surface area contributed by atoms with Crippen LogP contribution >= 0.6 is 0 Å². The second-order valence-corrected chi connectivity index (χ2v) is 8.67. The Morgan fingerprint density at radius 3 is 2.48 bits per heavy atom. The summed E-state index contributed by atoms with van der Waals surface area (Å²) in [6, 6.07) is 0. The van der Waals surface area contributed by atoms with Gasteiger partial charge in [0.1, 0.15) is 0 Å². The molecule has 0 unspecified atom stereocenters. The van der Waals surface area contributed by atoms with E-state index in [9.17, 15) is 18.0 Å². The zero-order valence-corrected chi connectivity index (χ0v) is 14.4. The van der Waals surface area contributed by atoms with Crippen molar-refractivity contribution in [2.24, 2.45) is 11.8 Å². The van der Waals surface area contributed by atoms with Gasteiger partial charge in [0.2, 0.25) is 15.9 Å². The van der Waals surface area contributed by atoms with Crippen molar-refractivity contribution in [2.75, 3.05) is 32.4 Å². The zero-order valence-electron chi connectivity index (χ0n) is 13.6. The average molecular weight is 346 g/mol. The normalized spacial score (nSPS) is 26.9.